The number of hydrogen-bond donors (Lipinski definition) is 0. The normalized spacial score (nSPS) is 21.7. The van der Waals surface area contributed by atoms with Crippen molar-refractivity contribution in [1.29, 1.82) is 0 Å². The Balaban J connectivity index is 1.99. The quantitative estimate of drug-likeness (QED) is 0.770. The molecule has 5 heteroatoms. The van der Waals surface area contributed by atoms with E-state index in [1.165, 1.54) is 0 Å². The van der Waals surface area contributed by atoms with E-state index in [0.717, 1.165) is 23.1 Å². The van der Waals surface area contributed by atoms with E-state index < -0.39 is 7.82 Å². The van der Waals surface area contributed by atoms with E-state index in [2.05, 4.69) is 0 Å². The van der Waals surface area contributed by atoms with Gasteiger partial charge in [0.05, 0.1) is 0 Å². The molecule has 1 atom stereocenters. The summed E-state index contributed by atoms with van der Waals surface area (Å²) in [7, 11) is -3.40. The number of rotatable bonds is 2. The third-order valence-corrected chi connectivity index (χ3v) is 4.59. The number of benzene rings is 2. The molecule has 0 aliphatic carbocycles. The second kappa shape index (κ2) is 3.55. The minimum absolute atomic E-state index is 0.486. The molecule has 1 unspecified atom stereocenters. The third kappa shape index (κ3) is 1.44. The molecule has 0 N–H and O–H groups in total. The highest BCUT2D eigenvalue weighted by atomic mass is 31.2. The second-order valence-corrected chi connectivity index (χ2v) is 5.94. The van der Waals surface area contributed by atoms with Crippen molar-refractivity contribution in [2.45, 2.75) is 13.3 Å². The Kier molecular flexibility index (Phi) is 2.04. The first-order valence-electron chi connectivity index (χ1n) is 6.14. The van der Waals surface area contributed by atoms with Gasteiger partial charge in [0.2, 0.25) is 5.75 Å². The third-order valence-electron chi connectivity index (χ3n) is 3.36. The van der Waals surface area contributed by atoms with Crippen molar-refractivity contribution in [3.63, 3.8) is 0 Å². The van der Waals surface area contributed by atoms with Gasteiger partial charge in [0.1, 0.15) is 0 Å². The zero-order chi connectivity index (χ0) is 13.0. The highest BCUT2D eigenvalue weighted by Gasteiger charge is 2.51. The fourth-order valence-corrected chi connectivity index (χ4v) is 3.83. The van der Waals surface area contributed by atoms with E-state index in [1.54, 1.807) is 0 Å². The van der Waals surface area contributed by atoms with E-state index >= 15 is 0 Å². The molecule has 0 saturated heterocycles. The van der Waals surface area contributed by atoms with Gasteiger partial charge in [-0.25, -0.2) is 0 Å². The van der Waals surface area contributed by atoms with Crippen molar-refractivity contribution in [1.82, 2.24) is 0 Å². The molecule has 4 nitrogen and oxygen atoms in total. The Morgan fingerprint density at radius 2 is 1.79 bits per heavy atom. The van der Waals surface area contributed by atoms with Crippen LogP contribution in [0.3, 0.4) is 0 Å². The van der Waals surface area contributed by atoms with Gasteiger partial charge >= 0.3 is 7.82 Å². The molecule has 0 aromatic heterocycles. The van der Waals surface area contributed by atoms with Gasteiger partial charge in [0.25, 0.3) is 0 Å². The molecule has 0 fully saturated rings. The van der Waals surface area contributed by atoms with Gasteiger partial charge in [-0.2, -0.15) is 4.57 Å². The summed E-state index contributed by atoms with van der Waals surface area (Å²) < 4.78 is 27.8. The molecule has 2 aromatic carbocycles. The fraction of sp³-hybridized carbons (Fsp3) is 0.143. The summed E-state index contributed by atoms with van der Waals surface area (Å²) in [5.41, 5.74) is 3.12. The second-order valence-electron chi connectivity index (χ2n) is 4.50. The van der Waals surface area contributed by atoms with Gasteiger partial charge < -0.3 is 13.6 Å². The molecule has 96 valence electrons. The van der Waals surface area contributed by atoms with Crippen molar-refractivity contribution >= 4 is 7.82 Å². The highest BCUT2D eigenvalue weighted by molar-refractivity contribution is 7.50. The minimum atomic E-state index is -3.40. The summed E-state index contributed by atoms with van der Waals surface area (Å²) in [5, 5.41) is 0. The topological polar surface area (TPSA) is 44.8 Å². The lowest BCUT2D eigenvalue weighted by molar-refractivity contribution is 0.353. The molecule has 0 radical (unpaired) electrons. The molecule has 2 aliphatic rings. The average molecular weight is 274 g/mol. The van der Waals surface area contributed by atoms with Crippen LogP contribution in [0.25, 0.3) is 11.1 Å². The van der Waals surface area contributed by atoms with Gasteiger partial charge in [-0.15, -0.1) is 0 Å². The first-order chi connectivity index (χ1) is 9.20. The Morgan fingerprint density at radius 3 is 2.47 bits per heavy atom. The van der Waals surface area contributed by atoms with Gasteiger partial charge in [-0.1, -0.05) is 37.3 Å². The maximum atomic E-state index is 12.0. The van der Waals surface area contributed by atoms with Gasteiger partial charge in [-0.3, -0.25) is 0 Å². The van der Waals surface area contributed by atoms with Crippen molar-refractivity contribution in [3.8, 4) is 28.4 Å². The molecule has 0 amide bonds. The molecule has 2 bridgehead atoms. The number of phosphoric acid groups is 1. The smallest absolute Gasteiger partial charge is 0.382 e. The summed E-state index contributed by atoms with van der Waals surface area (Å²) >= 11 is 0. The number of hydrogen-bond acceptors (Lipinski definition) is 4. The molecule has 19 heavy (non-hydrogen) atoms. The summed E-state index contributed by atoms with van der Waals surface area (Å²) in [6, 6.07) is 11.9. The Bertz CT molecular complexity index is 724. The Labute approximate surface area is 110 Å². The first kappa shape index (κ1) is 10.9. The van der Waals surface area contributed by atoms with Crippen LogP contribution in [0, 0.1) is 0 Å². The summed E-state index contributed by atoms with van der Waals surface area (Å²) in [6.07, 6.45) is 0.774. The summed E-state index contributed by atoms with van der Waals surface area (Å²) in [4.78, 5) is 0. The predicted octanol–water partition coefficient (Wildman–Crippen LogP) is 4.19. The van der Waals surface area contributed by atoms with Crippen molar-refractivity contribution in [3.05, 3.63) is 42.0 Å². The van der Waals surface area contributed by atoms with Crippen LogP contribution in [-0.2, 0) is 11.0 Å². The molecule has 2 aliphatic heterocycles. The van der Waals surface area contributed by atoms with Crippen molar-refractivity contribution in [2.75, 3.05) is 0 Å². The van der Waals surface area contributed by atoms with Crippen LogP contribution in [0.1, 0.15) is 12.5 Å². The predicted molar refractivity (Wildman–Crippen MR) is 70.7 cm³/mol. The van der Waals surface area contributed by atoms with E-state index in [4.69, 9.17) is 13.6 Å². The van der Waals surface area contributed by atoms with Crippen LogP contribution in [0.15, 0.2) is 36.4 Å². The van der Waals surface area contributed by atoms with Gasteiger partial charge in [0.15, 0.2) is 11.5 Å². The van der Waals surface area contributed by atoms with Crippen LogP contribution in [-0.4, -0.2) is 0 Å². The molecule has 0 saturated carbocycles. The maximum Gasteiger partial charge on any atom is 0.647 e. The van der Waals surface area contributed by atoms with Crippen molar-refractivity contribution < 1.29 is 18.1 Å². The van der Waals surface area contributed by atoms with E-state index in [-0.39, 0.29) is 0 Å². The zero-order valence-corrected chi connectivity index (χ0v) is 11.1. The number of phosphoric ester groups is 1. The Hall–Kier alpha value is -1.93. The average Bonchev–Trinajstić information content (AvgIpc) is 2.92. The standard InChI is InChI=1S/C14H11O4P/c1-2-10-11(9-6-4-3-5-7-9)8-12-14-13(10)17-19(15,16-12)18-14/h3-8H,2H2,1H3. The van der Waals surface area contributed by atoms with E-state index in [1.807, 2.05) is 43.3 Å². The van der Waals surface area contributed by atoms with Crippen molar-refractivity contribution in [2.24, 2.45) is 0 Å². The van der Waals surface area contributed by atoms with E-state index in [9.17, 15) is 4.57 Å². The van der Waals surface area contributed by atoms with Crippen LogP contribution in [0.4, 0.5) is 0 Å². The largest absolute Gasteiger partial charge is 0.647 e. The van der Waals surface area contributed by atoms with Crippen LogP contribution in [0.2, 0.25) is 0 Å². The van der Waals surface area contributed by atoms with Crippen LogP contribution >= 0.6 is 7.82 Å². The van der Waals surface area contributed by atoms with Gasteiger partial charge in [-0.05, 0) is 23.6 Å². The summed E-state index contributed by atoms with van der Waals surface area (Å²) in [5.74, 6) is 1.58. The molecular weight excluding hydrogens is 263 g/mol. The maximum absolute atomic E-state index is 12.0. The Morgan fingerprint density at radius 1 is 1.05 bits per heavy atom. The number of fused-ring (bicyclic) bond motifs is 1. The van der Waals surface area contributed by atoms with Gasteiger partial charge in [0, 0.05) is 5.56 Å². The zero-order valence-electron chi connectivity index (χ0n) is 10.3. The van der Waals surface area contributed by atoms with Crippen LogP contribution in [0.5, 0.6) is 17.2 Å². The SMILES string of the molecule is CCc1c(-c2ccccc2)cc2c3c1OP(=O)(O2)O3. The minimum Gasteiger partial charge on any atom is -0.382 e. The molecule has 0 spiro atoms. The lowest BCUT2D eigenvalue weighted by atomic mass is 9.96. The lowest BCUT2D eigenvalue weighted by Gasteiger charge is -2.16. The molecule has 2 heterocycles. The molecule has 2 aromatic rings. The van der Waals surface area contributed by atoms with Crippen LogP contribution < -0.4 is 13.6 Å². The fourth-order valence-electron chi connectivity index (χ4n) is 2.53. The van der Waals surface area contributed by atoms with E-state index in [0.29, 0.717) is 17.2 Å². The lowest BCUT2D eigenvalue weighted by Crippen LogP contribution is -2.01. The molecular formula is C14H11O4P. The summed E-state index contributed by atoms with van der Waals surface area (Å²) in [6.45, 7) is 2.04. The highest BCUT2D eigenvalue weighted by Crippen LogP contribution is 2.70. The molecule has 4 rings (SSSR count). The monoisotopic (exact) mass is 274 g/mol. The first-order valence-corrected chi connectivity index (χ1v) is 7.60.